The van der Waals surface area contributed by atoms with Gasteiger partial charge in [0.1, 0.15) is 0 Å². The Bertz CT molecular complexity index is 646. The van der Waals surface area contributed by atoms with E-state index in [0.29, 0.717) is 10.6 Å². The molecule has 5 heteroatoms. The predicted molar refractivity (Wildman–Crippen MR) is 75.1 cm³/mol. The summed E-state index contributed by atoms with van der Waals surface area (Å²) in [5.74, 6) is -1.23. The molecule has 1 aromatic carbocycles. The predicted octanol–water partition coefficient (Wildman–Crippen LogP) is 3.32. The van der Waals surface area contributed by atoms with Crippen molar-refractivity contribution in [2.45, 2.75) is 13.8 Å². The van der Waals surface area contributed by atoms with Crippen molar-refractivity contribution in [3.63, 3.8) is 0 Å². The lowest BCUT2D eigenvalue weighted by Crippen LogP contribution is -2.12. The molecule has 98 valence electrons. The number of nitrogens with one attached hydrogen (secondary N) is 1. The van der Waals surface area contributed by atoms with Crippen LogP contribution in [0.15, 0.2) is 30.3 Å². The molecule has 0 fully saturated rings. The minimum Gasteiger partial charge on any atom is -0.478 e. The Hall–Kier alpha value is -2.14. The average Bonchev–Trinajstić information content (AvgIpc) is 2.78. The fourth-order valence-electron chi connectivity index (χ4n) is 1.63. The molecule has 0 atom stereocenters. The smallest absolute Gasteiger partial charge is 0.335 e. The number of hydrogen-bond acceptors (Lipinski definition) is 3. The molecule has 1 amide bonds. The van der Waals surface area contributed by atoms with Crippen molar-refractivity contribution in [3.05, 3.63) is 51.2 Å². The Labute approximate surface area is 114 Å². The van der Waals surface area contributed by atoms with Gasteiger partial charge in [0.15, 0.2) is 0 Å². The molecule has 1 aromatic heterocycles. The van der Waals surface area contributed by atoms with Gasteiger partial charge in [-0.15, -0.1) is 11.3 Å². The molecule has 1 heterocycles. The van der Waals surface area contributed by atoms with Crippen LogP contribution in [0.1, 0.15) is 30.5 Å². The number of carbonyl (C=O) groups excluding carboxylic acids is 1. The van der Waals surface area contributed by atoms with Gasteiger partial charge in [0.25, 0.3) is 5.91 Å². The maximum absolute atomic E-state index is 12.0. The minimum absolute atomic E-state index is 0.156. The number of thiophene rings is 1. The molecule has 19 heavy (non-hydrogen) atoms. The highest BCUT2D eigenvalue weighted by Gasteiger charge is 2.11. The lowest BCUT2D eigenvalue weighted by molar-refractivity contribution is 0.0696. The first-order valence-electron chi connectivity index (χ1n) is 5.69. The Morgan fingerprint density at radius 2 is 1.89 bits per heavy atom. The molecule has 0 saturated heterocycles. The molecule has 0 bridgehead atoms. The normalized spacial score (nSPS) is 10.2. The van der Waals surface area contributed by atoms with E-state index in [1.54, 1.807) is 12.1 Å². The quantitative estimate of drug-likeness (QED) is 0.903. The first-order chi connectivity index (χ1) is 8.97. The number of benzene rings is 1. The Balaban J connectivity index is 2.25. The van der Waals surface area contributed by atoms with Gasteiger partial charge in [-0.25, -0.2) is 4.79 Å². The SMILES string of the molecule is Cc1ccc(C(=O)Nc2cc(C(=O)O)ccc2C)s1. The number of aromatic carboxylic acids is 1. The summed E-state index contributed by atoms with van der Waals surface area (Å²) >= 11 is 1.40. The molecule has 0 spiro atoms. The van der Waals surface area contributed by atoms with Crippen LogP contribution >= 0.6 is 11.3 Å². The number of rotatable bonds is 3. The van der Waals surface area contributed by atoms with E-state index in [4.69, 9.17) is 5.11 Å². The van der Waals surface area contributed by atoms with Gasteiger partial charge in [0.05, 0.1) is 10.4 Å². The largest absolute Gasteiger partial charge is 0.478 e. The lowest BCUT2D eigenvalue weighted by atomic mass is 10.1. The third-order valence-electron chi connectivity index (χ3n) is 2.70. The summed E-state index contributed by atoms with van der Waals surface area (Å²) in [5, 5.41) is 11.7. The van der Waals surface area contributed by atoms with Crippen molar-refractivity contribution in [1.82, 2.24) is 0 Å². The van der Waals surface area contributed by atoms with E-state index < -0.39 is 5.97 Å². The van der Waals surface area contributed by atoms with Crippen molar-refractivity contribution in [3.8, 4) is 0 Å². The summed E-state index contributed by atoms with van der Waals surface area (Å²) in [6, 6.07) is 8.29. The van der Waals surface area contributed by atoms with Crippen molar-refractivity contribution in [2.24, 2.45) is 0 Å². The zero-order valence-electron chi connectivity index (χ0n) is 10.6. The second kappa shape index (κ2) is 5.24. The average molecular weight is 275 g/mol. The minimum atomic E-state index is -1.01. The van der Waals surface area contributed by atoms with E-state index in [9.17, 15) is 9.59 Å². The number of anilines is 1. The number of carboxylic acids is 1. The summed E-state index contributed by atoms with van der Waals surface area (Å²) in [5.41, 5.74) is 1.51. The summed E-state index contributed by atoms with van der Waals surface area (Å²) in [7, 11) is 0. The van der Waals surface area contributed by atoms with Gasteiger partial charge in [-0.3, -0.25) is 4.79 Å². The van der Waals surface area contributed by atoms with Crippen molar-refractivity contribution in [1.29, 1.82) is 0 Å². The summed E-state index contributed by atoms with van der Waals surface area (Å²) in [6.07, 6.45) is 0. The Kier molecular flexibility index (Phi) is 3.66. The van der Waals surface area contributed by atoms with Gasteiger partial charge in [0, 0.05) is 10.6 Å². The molecule has 2 rings (SSSR count). The highest BCUT2D eigenvalue weighted by atomic mass is 32.1. The van der Waals surface area contributed by atoms with E-state index in [1.807, 2.05) is 19.9 Å². The molecular weight excluding hydrogens is 262 g/mol. The molecule has 0 unspecified atom stereocenters. The number of amides is 1. The van der Waals surface area contributed by atoms with E-state index >= 15 is 0 Å². The summed E-state index contributed by atoms with van der Waals surface area (Å²) in [4.78, 5) is 24.6. The first-order valence-corrected chi connectivity index (χ1v) is 6.51. The van der Waals surface area contributed by atoms with E-state index in [1.165, 1.54) is 23.5 Å². The molecule has 4 nitrogen and oxygen atoms in total. The molecule has 0 aliphatic heterocycles. The van der Waals surface area contributed by atoms with Gasteiger partial charge < -0.3 is 10.4 Å². The standard InChI is InChI=1S/C14H13NO3S/c1-8-3-5-10(14(17)18)7-11(8)15-13(16)12-6-4-9(2)19-12/h3-7H,1-2H3,(H,15,16)(H,17,18). The van der Waals surface area contributed by atoms with E-state index in [-0.39, 0.29) is 11.5 Å². The van der Waals surface area contributed by atoms with Gasteiger partial charge in [-0.2, -0.15) is 0 Å². The van der Waals surface area contributed by atoms with Gasteiger partial charge in [-0.05, 0) is 43.7 Å². The van der Waals surface area contributed by atoms with Gasteiger partial charge >= 0.3 is 5.97 Å². The fraction of sp³-hybridized carbons (Fsp3) is 0.143. The summed E-state index contributed by atoms with van der Waals surface area (Å²) < 4.78 is 0. The maximum Gasteiger partial charge on any atom is 0.335 e. The van der Waals surface area contributed by atoms with Gasteiger partial charge in [-0.1, -0.05) is 6.07 Å². The van der Waals surface area contributed by atoms with Crippen LogP contribution in [-0.4, -0.2) is 17.0 Å². The lowest BCUT2D eigenvalue weighted by Gasteiger charge is -2.08. The van der Waals surface area contributed by atoms with E-state index in [0.717, 1.165) is 10.4 Å². The molecule has 0 radical (unpaired) electrons. The van der Waals surface area contributed by atoms with Crippen LogP contribution in [0, 0.1) is 13.8 Å². The van der Waals surface area contributed by atoms with Crippen LogP contribution in [0.5, 0.6) is 0 Å². The number of aryl methyl sites for hydroxylation is 2. The number of hydrogen-bond donors (Lipinski definition) is 2. The number of carbonyl (C=O) groups is 2. The van der Waals surface area contributed by atoms with Crippen LogP contribution in [0.2, 0.25) is 0 Å². The second-order valence-corrected chi connectivity index (χ2v) is 5.49. The monoisotopic (exact) mass is 275 g/mol. The van der Waals surface area contributed by atoms with Crippen molar-refractivity contribution in [2.75, 3.05) is 5.32 Å². The molecule has 0 aliphatic carbocycles. The van der Waals surface area contributed by atoms with Crippen molar-refractivity contribution < 1.29 is 14.7 Å². The zero-order valence-corrected chi connectivity index (χ0v) is 11.4. The van der Waals surface area contributed by atoms with Crippen LogP contribution in [-0.2, 0) is 0 Å². The van der Waals surface area contributed by atoms with Crippen molar-refractivity contribution >= 4 is 28.9 Å². The van der Waals surface area contributed by atoms with Crippen LogP contribution in [0.4, 0.5) is 5.69 Å². The van der Waals surface area contributed by atoms with Crippen LogP contribution < -0.4 is 5.32 Å². The third kappa shape index (κ3) is 3.00. The molecule has 2 aromatic rings. The molecule has 2 N–H and O–H groups in total. The van der Waals surface area contributed by atoms with Crippen LogP contribution in [0.3, 0.4) is 0 Å². The van der Waals surface area contributed by atoms with Gasteiger partial charge in [0.2, 0.25) is 0 Å². The Morgan fingerprint density at radius 3 is 2.47 bits per heavy atom. The zero-order chi connectivity index (χ0) is 14.0. The summed E-state index contributed by atoms with van der Waals surface area (Å²) in [6.45, 7) is 3.75. The highest BCUT2D eigenvalue weighted by Crippen LogP contribution is 2.20. The molecule has 0 saturated carbocycles. The molecule has 0 aliphatic rings. The van der Waals surface area contributed by atoms with Crippen LogP contribution in [0.25, 0.3) is 0 Å². The topological polar surface area (TPSA) is 66.4 Å². The maximum atomic E-state index is 12.0. The first kappa shape index (κ1) is 13.3. The third-order valence-corrected chi connectivity index (χ3v) is 3.70. The fourth-order valence-corrected chi connectivity index (χ4v) is 2.39. The molecular formula is C14H13NO3S. The number of carboxylic acid groups (broad SMARTS) is 1. The Morgan fingerprint density at radius 1 is 1.16 bits per heavy atom. The second-order valence-electron chi connectivity index (χ2n) is 4.20. The highest BCUT2D eigenvalue weighted by molar-refractivity contribution is 7.14. The van der Waals surface area contributed by atoms with E-state index in [2.05, 4.69) is 5.32 Å².